The Labute approximate surface area is 60.2 Å². The van der Waals surface area contributed by atoms with Crippen LogP contribution in [0.25, 0.3) is 0 Å². The third-order valence-electron chi connectivity index (χ3n) is 0. The number of hydrogen-bond acceptors (Lipinski definition) is 1. The van der Waals surface area contributed by atoms with Crippen molar-refractivity contribution in [2.24, 2.45) is 0 Å². The van der Waals surface area contributed by atoms with Gasteiger partial charge in [-0.25, -0.2) is 5.26 Å². The Bertz CT molecular complexity index is 16.4. The molecule has 0 aliphatic heterocycles. The van der Waals surface area contributed by atoms with Crippen molar-refractivity contribution in [2.45, 2.75) is 0 Å². The molecule has 31 valence electrons. The van der Waals surface area contributed by atoms with E-state index in [0.29, 0.717) is 0 Å². The van der Waals surface area contributed by atoms with Gasteiger partial charge in [-0.15, -0.1) is 12.4 Å². The summed E-state index contributed by atoms with van der Waals surface area (Å²) in [7, 11) is 0. The fraction of sp³-hybridized carbons (Fsp3) is 0. The molecule has 0 aromatic rings. The first-order chi connectivity index (χ1) is 1.00. The average molecular weight is 135 g/mol. The quantitative estimate of drug-likeness (QED) is 0.426. The van der Waals surface area contributed by atoms with Crippen molar-refractivity contribution >= 4 is 31.3 Å². The SMILES string of the molecule is C#N.Cl.[Cu].[LiH]. The second-order valence-corrected chi connectivity index (χ2v) is 0. The van der Waals surface area contributed by atoms with Crippen molar-refractivity contribution in [3.05, 3.63) is 0 Å². The van der Waals surface area contributed by atoms with Gasteiger partial charge in [0.1, 0.15) is 0 Å². The molecule has 0 unspecified atom stereocenters. The summed E-state index contributed by atoms with van der Waals surface area (Å²) in [5, 5.41) is 6.50. The minimum atomic E-state index is 0. The van der Waals surface area contributed by atoms with Crippen LogP contribution in [-0.2, 0) is 17.1 Å². The molecule has 0 aromatic carbocycles. The molecule has 0 bridgehead atoms. The van der Waals surface area contributed by atoms with Gasteiger partial charge in [-0.05, 0) is 0 Å². The Kier molecular flexibility index (Phi) is 727. The van der Waals surface area contributed by atoms with Gasteiger partial charge in [-0.2, -0.15) is 0 Å². The molecule has 0 saturated heterocycles. The summed E-state index contributed by atoms with van der Waals surface area (Å²) in [5.74, 6) is 0. The van der Waals surface area contributed by atoms with E-state index in [1.807, 2.05) is 0 Å². The first-order valence-electron chi connectivity index (χ1n) is 0.258. The summed E-state index contributed by atoms with van der Waals surface area (Å²) >= 11 is 0. The van der Waals surface area contributed by atoms with Crippen LogP contribution < -0.4 is 0 Å². The first kappa shape index (κ1) is 39.3. The van der Waals surface area contributed by atoms with E-state index in [4.69, 9.17) is 5.26 Å². The molecule has 0 amide bonds. The number of rotatable bonds is 0. The molecule has 1 radical (unpaired) electrons. The molecule has 0 rings (SSSR count). The predicted octanol–water partition coefficient (Wildman–Crippen LogP) is -0.0894. The minimum absolute atomic E-state index is 0. The number of nitrogens with zero attached hydrogens (tertiary/aromatic N) is 1. The summed E-state index contributed by atoms with van der Waals surface area (Å²) in [6, 6.07) is 0. The second kappa shape index (κ2) is 92.4. The number of halogens is 1. The monoisotopic (exact) mass is 134 g/mol. The van der Waals surface area contributed by atoms with Crippen LogP contribution in [-0.4, -0.2) is 18.9 Å². The van der Waals surface area contributed by atoms with Crippen molar-refractivity contribution in [3.63, 3.8) is 0 Å². The molecular formula is CH3ClCuLiN. The molecule has 0 aliphatic carbocycles. The van der Waals surface area contributed by atoms with Crippen molar-refractivity contribution in [3.8, 4) is 6.57 Å². The van der Waals surface area contributed by atoms with Crippen molar-refractivity contribution in [1.82, 2.24) is 0 Å². The summed E-state index contributed by atoms with van der Waals surface area (Å²) < 4.78 is 0. The molecule has 4 heteroatoms. The fourth-order valence-corrected chi connectivity index (χ4v) is 0. The van der Waals surface area contributed by atoms with Gasteiger partial charge in [0, 0.05) is 23.6 Å². The third-order valence-corrected chi connectivity index (χ3v) is 0. The van der Waals surface area contributed by atoms with Gasteiger partial charge in [0.15, 0.2) is 0 Å². The molecule has 0 N–H and O–H groups in total. The summed E-state index contributed by atoms with van der Waals surface area (Å²) in [5.41, 5.74) is 0. The van der Waals surface area contributed by atoms with Crippen LogP contribution in [0.15, 0.2) is 0 Å². The van der Waals surface area contributed by atoms with Gasteiger partial charge in [0.2, 0.25) is 0 Å². The van der Waals surface area contributed by atoms with Crippen molar-refractivity contribution in [2.75, 3.05) is 0 Å². The molecule has 0 atom stereocenters. The van der Waals surface area contributed by atoms with E-state index < -0.39 is 0 Å². The summed E-state index contributed by atoms with van der Waals surface area (Å²) in [6.45, 7) is 3.50. The van der Waals surface area contributed by atoms with Crippen molar-refractivity contribution < 1.29 is 17.1 Å². The maximum absolute atomic E-state index is 6.50. The molecule has 0 saturated carbocycles. The van der Waals surface area contributed by atoms with Gasteiger partial charge in [-0.1, -0.05) is 0 Å². The molecule has 0 aromatic heterocycles. The first-order valence-corrected chi connectivity index (χ1v) is 0.258. The van der Waals surface area contributed by atoms with Crippen LogP contribution in [0.4, 0.5) is 0 Å². The third kappa shape index (κ3) is 51.1. The Morgan fingerprint density at radius 1 is 1.20 bits per heavy atom. The van der Waals surface area contributed by atoms with Gasteiger partial charge >= 0.3 is 18.9 Å². The molecule has 0 aliphatic rings. The number of nitriles is 1. The van der Waals surface area contributed by atoms with E-state index in [1.54, 1.807) is 0 Å². The Morgan fingerprint density at radius 2 is 1.20 bits per heavy atom. The van der Waals surface area contributed by atoms with Crippen LogP contribution >= 0.6 is 12.4 Å². The van der Waals surface area contributed by atoms with Crippen LogP contribution in [0, 0.1) is 11.8 Å². The molecule has 0 heterocycles. The summed E-state index contributed by atoms with van der Waals surface area (Å²) in [4.78, 5) is 0. The van der Waals surface area contributed by atoms with E-state index in [-0.39, 0.29) is 48.3 Å². The van der Waals surface area contributed by atoms with Gasteiger partial charge in [0.25, 0.3) is 0 Å². The van der Waals surface area contributed by atoms with E-state index in [1.165, 1.54) is 0 Å². The standard InChI is InChI=1S/CHN.ClH.Cu.Li.H/c1-2;;;;/h1H;1H;;;. The zero-order chi connectivity index (χ0) is 2.00. The zero-order valence-electron chi connectivity index (χ0n) is 1.73. The van der Waals surface area contributed by atoms with E-state index in [0.717, 1.165) is 0 Å². The van der Waals surface area contributed by atoms with Gasteiger partial charge in [0.05, 0.1) is 0 Å². The Hall–Kier alpha value is 0.897. The molecule has 0 fully saturated rings. The van der Waals surface area contributed by atoms with Crippen LogP contribution in [0.2, 0.25) is 0 Å². The topological polar surface area (TPSA) is 23.8 Å². The van der Waals surface area contributed by atoms with Crippen molar-refractivity contribution in [1.29, 1.82) is 5.26 Å². The maximum atomic E-state index is 6.50. The molecule has 0 spiro atoms. The Balaban J connectivity index is -0.00000000167. The summed E-state index contributed by atoms with van der Waals surface area (Å²) in [6.07, 6.45) is 0. The fourth-order valence-electron chi connectivity index (χ4n) is 0. The van der Waals surface area contributed by atoms with Crippen LogP contribution in [0.3, 0.4) is 0 Å². The van der Waals surface area contributed by atoms with E-state index >= 15 is 0 Å². The van der Waals surface area contributed by atoms with Crippen LogP contribution in [0.1, 0.15) is 0 Å². The number of hydrogen-bond donors (Lipinski definition) is 0. The molecular weight excluding hydrogens is 132 g/mol. The Morgan fingerprint density at radius 3 is 1.20 bits per heavy atom. The molecule has 1 nitrogen and oxygen atoms in total. The van der Waals surface area contributed by atoms with Gasteiger partial charge in [-0.3, -0.25) is 0 Å². The van der Waals surface area contributed by atoms with E-state index in [9.17, 15) is 0 Å². The predicted molar refractivity (Wildman–Crippen MR) is 21.1 cm³/mol. The molecule has 5 heavy (non-hydrogen) atoms. The van der Waals surface area contributed by atoms with E-state index in [2.05, 4.69) is 6.57 Å². The second-order valence-electron chi connectivity index (χ2n) is 0. The average Bonchev–Trinajstić information content (AvgIpc) is 1.00. The normalized spacial score (nSPS) is 0.400. The zero-order valence-corrected chi connectivity index (χ0v) is 3.49. The van der Waals surface area contributed by atoms with Crippen LogP contribution in [0.5, 0.6) is 0 Å². The van der Waals surface area contributed by atoms with Gasteiger partial charge < -0.3 is 0 Å².